The van der Waals surface area contributed by atoms with Gasteiger partial charge in [-0.15, -0.1) is 0 Å². The van der Waals surface area contributed by atoms with Crippen LogP contribution in [0.1, 0.15) is 6.92 Å². The maximum absolute atomic E-state index is 13.6. The summed E-state index contributed by atoms with van der Waals surface area (Å²) in [5, 5.41) is 1.96. The second-order valence-corrected chi connectivity index (χ2v) is 7.98. The minimum absolute atomic E-state index is 0.241. The number of halogens is 3. The predicted molar refractivity (Wildman–Crippen MR) is 96.8 cm³/mol. The van der Waals surface area contributed by atoms with Gasteiger partial charge in [0, 0.05) is 7.05 Å². The molecule has 29 heavy (non-hydrogen) atoms. The van der Waals surface area contributed by atoms with Gasteiger partial charge in [0.05, 0.1) is 4.90 Å². The summed E-state index contributed by atoms with van der Waals surface area (Å²) in [7, 11) is -3.00. The number of anilines is 1. The zero-order chi connectivity index (χ0) is 21.8. The molecular weight excluding hydrogens is 413 g/mol. The molecule has 1 amide bonds. The number of hydrogen-bond donors (Lipinski definition) is 1. The predicted octanol–water partition coefficient (Wildman–Crippen LogP) is 2.29. The number of hydrogen-bond acceptors (Lipinski definition) is 5. The Kier molecular flexibility index (Phi) is 6.98. The van der Waals surface area contributed by atoms with Gasteiger partial charge >= 0.3 is 5.97 Å². The van der Waals surface area contributed by atoms with Crippen molar-refractivity contribution in [2.24, 2.45) is 0 Å². The van der Waals surface area contributed by atoms with E-state index in [0.717, 1.165) is 56.4 Å². The molecule has 0 aliphatic heterocycles. The molecule has 0 aliphatic rings. The molecule has 1 atom stereocenters. The number of amides is 1. The van der Waals surface area contributed by atoms with Crippen LogP contribution in [0.4, 0.5) is 18.9 Å². The smallest absolute Gasteiger partial charge is 0.322 e. The van der Waals surface area contributed by atoms with E-state index in [1.165, 1.54) is 0 Å². The molecule has 0 radical (unpaired) electrons. The maximum Gasteiger partial charge on any atom is 0.322 e. The number of nitrogens with zero attached hydrogens (tertiary/aromatic N) is 1. The highest BCUT2D eigenvalue weighted by Gasteiger charge is 2.26. The number of carbonyl (C=O) groups excluding carboxylic acids is 2. The first-order valence-corrected chi connectivity index (χ1v) is 9.62. The molecule has 0 heterocycles. The van der Waals surface area contributed by atoms with E-state index in [1.54, 1.807) is 0 Å². The Balaban J connectivity index is 1.98. The Bertz CT molecular complexity index is 992. The normalized spacial score (nSPS) is 12.5. The van der Waals surface area contributed by atoms with Crippen LogP contribution in [-0.2, 0) is 24.3 Å². The van der Waals surface area contributed by atoms with E-state index in [9.17, 15) is 31.2 Å². The van der Waals surface area contributed by atoms with E-state index in [2.05, 4.69) is 0 Å². The average Bonchev–Trinajstić information content (AvgIpc) is 2.64. The summed E-state index contributed by atoms with van der Waals surface area (Å²) in [6.45, 7) is 0.409. The highest BCUT2D eigenvalue weighted by atomic mass is 32.2. The Labute approximate surface area is 165 Å². The number of nitrogens with one attached hydrogen (secondary N) is 1. The van der Waals surface area contributed by atoms with Gasteiger partial charge in [-0.05, 0) is 43.3 Å². The van der Waals surface area contributed by atoms with Crippen molar-refractivity contribution in [1.82, 2.24) is 4.31 Å². The van der Waals surface area contributed by atoms with Crippen LogP contribution in [0.3, 0.4) is 0 Å². The van der Waals surface area contributed by atoms with Crippen molar-refractivity contribution >= 4 is 27.6 Å². The number of esters is 1. The van der Waals surface area contributed by atoms with Crippen molar-refractivity contribution in [2.75, 3.05) is 18.9 Å². The van der Waals surface area contributed by atoms with Crippen molar-refractivity contribution in [1.29, 1.82) is 0 Å². The standard InChI is InChI=1S/C18H17F3N2O5S/c1-11(18(25)22-17-14(20)4-3-5-15(17)21)28-16(24)10-23(2)29(26,27)13-8-6-12(19)7-9-13/h3-9,11H,10H2,1-2H3,(H,22,25). The molecule has 0 saturated carbocycles. The number of para-hydroxylation sites is 1. The molecule has 0 saturated heterocycles. The number of ether oxygens (including phenoxy) is 1. The molecule has 156 valence electrons. The van der Waals surface area contributed by atoms with E-state index in [-0.39, 0.29) is 4.90 Å². The first-order chi connectivity index (χ1) is 13.5. The molecule has 0 aromatic heterocycles. The second-order valence-electron chi connectivity index (χ2n) is 5.93. The van der Waals surface area contributed by atoms with Gasteiger partial charge in [0.1, 0.15) is 29.7 Å². The Hall–Kier alpha value is -2.92. The summed E-state index contributed by atoms with van der Waals surface area (Å²) in [5.41, 5.74) is -0.698. The van der Waals surface area contributed by atoms with Crippen LogP contribution in [0.5, 0.6) is 0 Å². The van der Waals surface area contributed by atoms with Crippen molar-refractivity contribution in [3.63, 3.8) is 0 Å². The average molecular weight is 430 g/mol. The van der Waals surface area contributed by atoms with Crippen molar-refractivity contribution < 1.29 is 35.9 Å². The summed E-state index contributed by atoms with van der Waals surface area (Å²) in [5.74, 6) is -4.73. The molecule has 11 heteroatoms. The number of carbonyl (C=O) groups is 2. The zero-order valence-electron chi connectivity index (χ0n) is 15.4. The van der Waals surface area contributed by atoms with E-state index in [0.29, 0.717) is 4.31 Å². The highest BCUT2D eigenvalue weighted by Crippen LogP contribution is 2.19. The van der Waals surface area contributed by atoms with E-state index in [1.807, 2.05) is 5.32 Å². The quantitative estimate of drug-likeness (QED) is 0.681. The third kappa shape index (κ3) is 5.55. The molecule has 0 bridgehead atoms. The molecule has 0 aliphatic carbocycles. The van der Waals surface area contributed by atoms with Gasteiger partial charge in [-0.3, -0.25) is 9.59 Å². The zero-order valence-corrected chi connectivity index (χ0v) is 16.2. The second kappa shape index (κ2) is 9.05. The van der Waals surface area contributed by atoms with Gasteiger partial charge in [0.25, 0.3) is 5.91 Å². The maximum atomic E-state index is 13.6. The Morgan fingerprint density at radius 1 is 1.07 bits per heavy atom. The summed E-state index contributed by atoms with van der Waals surface area (Å²) >= 11 is 0. The Morgan fingerprint density at radius 2 is 1.62 bits per heavy atom. The molecule has 0 fully saturated rings. The van der Waals surface area contributed by atoms with Crippen molar-refractivity contribution in [3.8, 4) is 0 Å². The lowest BCUT2D eigenvalue weighted by atomic mass is 10.2. The van der Waals surface area contributed by atoms with Crippen LogP contribution < -0.4 is 5.32 Å². The lowest BCUT2D eigenvalue weighted by Crippen LogP contribution is -2.37. The van der Waals surface area contributed by atoms with E-state index >= 15 is 0 Å². The lowest BCUT2D eigenvalue weighted by molar-refractivity contribution is -0.153. The van der Waals surface area contributed by atoms with Crippen LogP contribution in [0.2, 0.25) is 0 Å². The van der Waals surface area contributed by atoms with Crippen LogP contribution in [0.25, 0.3) is 0 Å². The highest BCUT2D eigenvalue weighted by molar-refractivity contribution is 7.89. The number of benzene rings is 2. The lowest BCUT2D eigenvalue weighted by Gasteiger charge is -2.18. The van der Waals surface area contributed by atoms with Crippen molar-refractivity contribution in [3.05, 3.63) is 59.9 Å². The number of rotatable bonds is 7. The minimum Gasteiger partial charge on any atom is -0.452 e. The molecule has 2 aromatic rings. The first-order valence-electron chi connectivity index (χ1n) is 8.18. The molecule has 2 rings (SSSR count). The Morgan fingerprint density at radius 3 is 2.17 bits per heavy atom. The van der Waals surface area contributed by atoms with Crippen LogP contribution in [0.15, 0.2) is 47.4 Å². The van der Waals surface area contributed by atoms with E-state index < -0.39 is 57.7 Å². The number of likely N-dealkylation sites (N-methyl/N-ethyl adjacent to an activating group) is 1. The summed E-state index contributed by atoms with van der Waals surface area (Å²) in [6.07, 6.45) is -1.46. The molecule has 1 unspecified atom stereocenters. The fourth-order valence-electron chi connectivity index (χ4n) is 2.18. The fourth-order valence-corrected chi connectivity index (χ4v) is 3.30. The summed E-state index contributed by atoms with van der Waals surface area (Å²) in [6, 6.07) is 6.95. The molecule has 1 N–H and O–H groups in total. The van der Waals surface area contributed by atoms with Gasteiger partial charge in [-0.1, -0.05) is 6.07 Å². The third-order valence-corrected chi connectivity index (χ3v) is 5.58. The molecule has 7 nitrogen and oxygen atoms in total. The van der Waals surface area contributed by atoms with E-state index in [4.69, 9.17) is 4.74 Å². The summed E-state index contributed by atoms with van der Waals surface area (Å²) in [4.78, 5) is 23.7. The van der Waals surface area contributed by atoms with Gasteiger partial charge in [-0.25, -0.2) is 21.6 Å². The molecule has 2 aromatic carbocycles. The monoisotopic (exact) mass is 430 g/mol. The van der Waals surface area contributed by atoms with Crippen LogP contribution >= 0.6 is 0 Å². The fraction of sp³-hybridized carbons (Fsp3) is 0.222. The van der Waals surface area contributed by atoms with Crippen molar-refractivity contribution in [2.45, 2.75) is 17.9 Å². The first kappa shape index (κ1) is 22.4. The van der Waals surface area contributed by atoms with Crippen LogP contribution in [0, 0.1) is 17.5 Å². The summed E-state index contributed by atoms with van der Waals surface area (Å²) < 4.78 is 70.3. The SMILES string of the molecule is CC(OC(=O)CN(C)S(=O)(=O)c1ccc(F)cc1)C(=O)Nc1c(F)cccc1F. The topological polar surface area (TPSA) is 92.8 Å². The van der Waals surface area contributed by atoms with Crippen LogP contribution in [-0.4, -0.2) is 44.3 Å². The molecular formula is C18H17F3N2O5S. The number of sulfonamides is 1. The van der Waals surface area contributed by atoms with Gasteiger partial charge < -0.3 is 10.1 Å². The minimum atomic E-state index is -4.10. The third-order valence-electron chi connectivity index (χ3n) is 3.76. The van der Waals surface area contributed by atoms with Gasteiger partial charge in [0.2, 0.25) is 10.0 Å². The van der Waals surface area contributed by atoms with Gasteiger partial charge in [0.15, 0.2) is 6.10 Å². The van der Waals surface area contributed by atoms with Gasteiger partial charge in [-0.2, -0.15) is 4.31 Å². The molecule has 0 spiro atoms. The largest absolute Gasteiger partial charge is 0.452 e.